The Labute approximate surface area is 106 Å². The number of hydrogen-bond acceptors (Lipinski definition) is 2. The fourth-order valence-corrected chi connectivity index (χ4v) is 2.28. The zero-order valence-electron chi connectivity index (χ0n) is 10.1. The Kier molecular flexibility index (Phi) is 3.57. The van der Waals surface area contributed by atoms with Crippen LogP contribution in [0.4, 0.5) is 5.69 Å². The smallest absolute Gasteiger partial charge is 0.228 e. The molecule has 1 atom stereocenters. The molecule has 0 bridgehead atoms. The molecule has 17 heavy (non-hydrogen) atoms. The van der Waals surface area contributed by atoms with Crippen molar-refractivity contribution in [3.8, 4) is 5.75 Å². The van der Waals surface area contributed by atoms with E-state index < -0.39 is 0 Å². The van der Waals surface area contributed by atoms with Crippen molar-refractivity contribution in [2.24, 2.45) is 0 Å². The Hall–Kier alpha value is -1.22. The Morgan fingerprint density at radius 3 is 2.88 bits per heavy atom. The molecule has 1 unspecified atom stereocenters. The number of nitrogens with zero attached hydrogens (tertiary/aromatic N) is 1. The lowest BCUT2D eigenvalue weighted by atomic mass is 10.2. The second kappa shape index (κ2) is 4.96. The summed E-state index contributed by atoms with van der Waals surface area (Å²) in [6, 6.07) is 5.86. The van der Waals surface area contributed by atoms with Crippen molar-refractivity contribution in [1.82, 2.24) is 0 Å². The lowest BCUT2D eigenvalue weighted by molar-refractivity contribution is -0.117. The predicted octanol–water partition coefficient (Wildman–Crippen LogP) is 2.74. The molecule has 1 aliphatic rings. The molecule has 1 heterocycles. The molecule has 0 N–H and O–H groups in total. The van der Waals surface area contributed by atoms with E-state index in [0.717, 1.165) is 17.0 Å². The molecule has 0 aliphatic carbocycles. The maximum Gasteiger partial charge on any atom is 0.228 e. The Morgan fingerprint density at radius 2 is 2.29 bits per heavy atom. The molecular formula is C13H16ClNO2. The van der Waals surface area contributed by atoms with Crippen LogP contribution in [-0.2, 0) is 4.79 Å². The van der Waals surface area contributed by atoms with Crippen LogP contribution in [0.25, 0.3) is 0 Å². The molecule has 1 aromatic rings. The number of anilines is 1. The van der Waals surface area contributed by atoms with Crippen molar-refractivity contribution in [1.29, 1.82) is 0 Å². The van der Waals surface area contributed by atoms with Gasteiger partial charge >= 0.3 is 0 Å². The summed E-state index contributed by atoms with van der Waals surface area (Å²) in [4.78, 5) is 13.6. The molecule has 0 spiro atoms. The summed E-state index contributed by atoms with van der Waals surface area (Å²) in [5, 5.41) is -0.0995. The van der Waals surface area contributed by atoms with Crippen LogP contribution in [0, 0.1) is 6.92 Å². The van der Waals surface area contributed by atoms with E-state index in [4.69, 9.17) is 16.3 Å². The largest absolute Gasteiger partial charge is 0.492 e. The van der Waals surface area contributed by atoms with Gasteiger partial charge in [-0.2, -0.15) is 0 Å². The van der Waals surface area contributed by atoms with Gasteiger partial charge in [-0.15, -0.1) is 11.6 Å². The third-order valence-corrected chi connectivity index (χ3v) is 3.08. The normalized spacial score (nSPS) is 19.8. The predicted molar refractivity (Wildman–Crippen MR) is 69.0 cm³/mol. The summed E-state index contributed by atoms with van der Waals surface area (Å²) >= 11 is 6.02. The first-order chi connectivity index (χ1) is 8.11. The number of hydrogen-bond donors (Lipinski definition) is 0. The van der Waals surface area contributed by atoms with E-state index in [2.05, 4.69) is 0 Å². The van der Waals surface area contributed by atoms with E-state index in [1.54, 1.807) is 4.90 Å². The first-order valence-electron chi connectivity index (χ1n) is 5.79. The van der Waals surface area contributed by atoms with Crippen LogP contribution >= 0.6 is 11.6 Å². The lowest BCUT2D eigenvalue weighted by Gasteiger charge is -2.20. The first-order valence-corrected chi connectivity index (χ1v) is 6.23. The number of alkyl halides is 1. The fourth-order valence-electron chi connectivity index (χ4n) is 2.01. The Bertz CT molecular complexity index is 433. The van der Waals surface area contributed by atoms with Crippen molar-refractivity contribution in [3.05, 3.63) is 23.8 Å². The average Bonchev–Trinajstić information content (AvgIpc) is 2.61. The van der Waals surface area contributed by atoms with E-state index in [1.165, 1.54) is 0 Å². The summed E-state index contributed by atoms with van der Waals surface area (Å²) in [5.41, 5.74) is 1.94. The van der Waals surface area contributed by atoms with Gasteiger partial charge < -0.3 is 9.64 Å². The molecule has 1 fully saturated rings. The lowest BCUT2D eigenvalue weighted by Crippen LogP contribution is -2.25. The quantitative estimate of drug-likeness (QED) is 0.776. The van der Waals surface area contributed by atoms with Crippen molar-refractivity contribution >= 4 is 23.2 Å². The van der Waals surface area contributed by atoms with Crippen LogP contribution in [0.15, 0.2) is 18.2 Å². The molecule has 1 aromatic carbocycles. The van der Waals surface area contributed by atoms with Crippen LogP contribution in [0.3, 0.4) is 0 Å². The maximum absolute atomic E-state index is 11.8. The van der Waals surface area contributed by atoms with Crippen LogP contribution < -0.4 is 9.64 Å². The first kappa shape index (κ1) is 12.2. The Morgan fingerprint density at radius 1 is 1.53 bits per heavy atom. The summed E-state index contributed by atoms with van der Waals surface area (Å²) in [7, 11) is 0. The number of halogens is 1. The minimum absolute atomic E-state index is 0.0663. The van der Waals surface area contributed by atoms with Crippen molar-refractivity contribution in [2.75, 3.05) is 18.1 Å². The molecule has 0 radical (unpaired) electrons. The molecule has 4 heteroatoms. The highest BCUT2D eigenvalue weighted by Gasteiger charge is 2.30. The number of carbonyl (C=O) groups is 1. The van der Waals surface area contributed by atoms with Crippen LogP contribution in [0.5, 0.6) is 5.75 Å². The molecule has 1 saturated heterocycles. The van der Waals surface area contributed by atoms with Gasteiger partial charge in [0.25, 0.3) is 0 Å². The van der Waals surface area contributed by atoms with E-state index in [1.807, 2.05) is 32.0 Å². The van der Waals surface area contributed by atoms with Crippen LogP contribution in [0.2, 0.25) is 0 Å². The minimum Gasteiger partial charge on any atom is -0.492 e. The number of ether oxygens (including phenoxy) is 1. The molecule has 3 nitrogen and oxygen atoms in total. The van der Waals surface area contributed by atoms with Gasteiger partial charge in [-0.3, -0.25) is 4.79 Å². The number of benzene rings is 1. The van der Waals surface area contributed by atoms with Crippen molar-refractivity contribution in [2.45, 2.75) is 25.6 Å². The summed E-state index contributed by atoms with van der Waals surface area (Å²) in [5.74, 6) is 0.814. The third-order valence-electron chi connectivity index (χ3n) is 2.78. The number of rotatable bonds is 3. The second-order valence-corrected chi connectivity index (χ2v) is 4.83. The zero-order chi connectivity index (χ0) is 12.4. The fraction of sp³-hybridized carbons (Fsp3) is 0.462. The monoisotopic (exact) mass is 253 g/mol. The van der Waals surface area contributed by atoms with Gasteiger partial charge in [0.1, 0.15) is 5.75 Å². The van der Waals surface area contributed by atoms with E-state index in [0.29, 0.717) is 19.6 Å². The average molecular weight is 254 g/mol. The molecule has 92 valence electrons. The van der Waals surface area contributed by atoms with Gasteiger partial charge in [-0.05, 0) is 31.5 Å². The van der Waals surface area contributed by atoms with Crippen LogP contribution in [0.1, 0.15) is 18.9 Å². The number of aryl methyl sites for hydroxylation is 1. The van der Waals surface area contributed by atoms with E-state index >= 15 is 0 Å². The zero-order valence-corrected chi connectivity index (χ0v) is 10.8. The van der Waals surface area contributed by atoms with Gasteiger partial charge in [0.15, 0.2) is 0 Å². The molecule has 1 aliphatic heterocycles. The number of carbonyl (C=O) groups excluding carboxylic acids is 1. The van der Waals surface area contributed by atoms with Crippen molar-refractivity contribution in [3.63, 3.8) is 0 Å². The van der Waals surface area contributed by atoms with Gasteiger partial charge in [0.05, 0.1) is 17.7 Å². The molecule has 0 saturated carbocycles. The Balaban J connectivity index is 2.35. The van der Waals surface area contributed by atoms with Crippen molar-refractivity contribution < 1.29 is 9.53 Å². The molecule has 2 rings (SSSR count). The second-order valence-electron chi connectivity index (χ2n) is 4.21. The van der Waals surface area contributed by atoms with E-state index in [9.17, 15) is 4.79 Å². The topological polar surface area (TPSA) is 29.5 Å². The van der Waals surface area contributed by atoms with Gasteiger partial charge in [0, 0.05) is 13.0 Å². The summed E-state index contributed by atoms with van der Waals surface area (Å²) in [6.45, 7) is 5.07. The third kappa shape index (κ3) is 2.55. The van der Waals surface area contributed by atoms with Gasteiger partial charge in [0.2, 0.25) is 5.91 Å². The standard InChI is InChI=1S/C13H16ClNO2/c1-3-17-12-5-4-9(2)6-11(12)15-8-10(14)7-13(15)16/h4-6,10H,3,7-8H2,1-2H3. The highest BCUT2D eigenvalue weighted by atomic mass is 35.5. The highest BCUT2D eigenvalue weighted by Crippen LogP contribution is 2.33. The molecular weight excluding hydrogens is 238 g/mol. The molecule has 1 amide bonds. The van der Waals surface area contributed by atoms with E-state index in [-0.39, 0.29) is 11.3 Å². The van der Waals surface area contributed by atoms with Crippen LogP contribution in [-0.4, -0.2) is 24.4 Å². The maximum atomic E-state index is 11.8. The molecule has 0 aromatic heterocycles. The van der Waals surface area contributed by atoms with Gasteiger partial charge in [-0.25, -0.2) is 0 Å². The summed E-state index contributed by atoms with van der Waals surface area (Å²) < 4.78 is 5.55. The van der Waals surface area contributed by atoms with Gasteiger partial charge in [-0.1, -0.05) is 6.07 Å². The highest BCUT2D eigenvalue weighted by molar-refractivity contribution is 6.24. The minimum atomic E-state index is -0.0995. The SMILES string of the molecule is CCOc1ccc(C)cc1N1CC(Cl)CC1=O. The summed E-state index contributed by atoms with van der Waals surface area (Å²) in [6.07, 6.45) is 0.404. The number of amides is 1.